The number of carbonyl (C=O) groups is 1. The number of urea groups is 1. The Bertz CT molecular complexity index is 1120. The van der Waals surface area contributed by atoms with E-state index in [0.717, 1.165) is 40.3 Å². The van der Waals surface area contributed by atoms with Crippen molar-refractivity contribution < 1.29 is 18.8 Å². The van der Waals surface area contributed by atoms with Gasteiger partial charge < -0.3 is 19.3 Å². The van der Waals surface area contributed by atoms with Crippen molar-refractivity contribution in [2.75, 3.05) is 20.8 Å². The second-order valence-corrected chi connectivity index (χ2v) is 7.46. The standard InChI is InChI=1S/C24H26N4O4/c1-5-14-28-15(2)20(21(25-24(28)29)16-6-10-18(30-3)11-7-16)23-26-22(27-32-23)17-8-12-19(31-4)13-9-17/h6-13,21H,5,14H2,1-4H3,(H,25,29). The van der Waals surface area contributed by atoms with Crippen molar-refractivity contribution in [3.8, 4) is 22.9 Å². The number of hydrogen-bond acceptors (Lipinski definition) is 6. The third kappa shape index (κ3) is 4.03. The topological polar surface area (TPSA) is 89.7 Å². The molecule has 0 saturated heterocycles. The van der Waals surface area contributed by atoms with E-state index >= 15 is 0 Å². The first-order valence-corrected chi connectivity index (χ1v) is 10.5. The highest BCUT2D eigenvalue weighted by Gasteiger charge is 2.35. The number of nitrogens with one attached hydrogen (secondary N) is 1. The van der Waals surface area contributed by atoms with Gasteiger partial charge in [0, 0.05) is 17.8 Å². The molecule has 1 aliphatic rings. The number of allylic oxidation sites excluding steroid dienone is 1. The fourth-order valence-corrected chi connectivity index (χ4v) is 3.79. The van der Waals surface area contributed by atoms with Crippen molar-refractivity contribution in [3.63, 3.8) is 0 Å². The summed E-state index contributed by atoms with van der Waals surface area (Å²) in [7, 11) is 3.24. The van der Waals surface area contributed by atoms with Crippen molar-refractivity contribution in [3.05, 3.63) is 65.7 Å². The summed E-state index contributed by atoms with van der Waals surface area (Å²) in [4.78, 5) is 19.2. The van der Waals surface area contributed by atoms with Gasteiger partial charge in [0.05, 0.1) is 25.8 Å². The number of hydrogen-bond donors (Lipinski definition) is 1. The molecule has 1 unspecified atom stereocenters. The van der Waals surface area contributed by atoms with Gasteiger partial charge in [0.2, 0.25) is 5.82 Å². The van der Waals surface area contributed by atoms with Crippen LogP contribution in [0.5, 0.6) is 11.5 Å². The van der Waals surface area contributed by atoms with E-state index < -0.39 is 6.04 Å². The quantitative estimate of drug-likeness (QED) is 0.582. The van der Waals surface area contributed by atoms with Gasteiger partial charge in [0.15, 0.2) is 0 Å². The minimum atomic E-state index is -0.425. The van der Waals surface area contributed by atoms with Crippen LogP contribution >= 0.6 is 0 Å². The van der Waals surface area contributed by atoms with Crippen LogP contribution in [0.4, 0.5) is 4.79 Å². The molecule has 0 spiro atoms. The monoisotopic (exact) mass is 434 g/mol. The van der Waals surface area contributed by atoms with Crippen LogP contribution in [0, 0.1) is 0 Å². The van der Waals surface area contributed by atoms with Crippen molar-refractivity contribution in [1.29, 1.82) is 0 Å². The fourth-order valence-electron chi connectivity index (χ4n) is 3.79. The largest absolute Gasteiger partial charge is 0.497 e. The van der Waals surface area contributed by atoms with E-state index in [0.29, 0.717) is 18.3 Å². The zero-order valence-electron chi connectivity index (χ0n) is 18.6. The van der Waals surface area contributed by atoms with Crippen LogP contribution < -0.4 is 14.8 Å². The first-order chi connectivity index (χ1) is 15.5. The predicted molar refractivity (Wildman–Crippen MR) is 120 cm³/mol. The number of nitrogens with zero attached hydrogens (tertiary/aromatic N) is 3. The summed E-state index contributed by atoms with van der Waals surface area (Å²) in [5.74, 6) is 2.33. The first-order valence-electron chi connectivity index (χ1n) is 10.5. The van der Waals surface area contributed by atoms with E-state index in [1.165, 1.54) is 0 Å². The van der Waals surface area contributed by atoms with E-state index in [2.05, 4.69) is 15.5 Å². The minimum Gasteiger partial charge on any atom is -0.497 e. The maximum absolute atomic E-state index is 12.8. The molecule has 0 fully saturated rings. The summed E-state index contributed by atoms with van der Waals surface area (Å²) in [5.41, 5.74) is 3.27. The Labute approximate surface area is 186 Å². The maximum atomic E-state index is 12.8. The highest BCUT2D eigenvalue weighted by molar-refractivity contribution is 5.86. The molecule has 32 heavy (non-hydrogen) atoms. The summed E-state index contributed by atoms with van der Waals surface area (Å²) in [6.07, 6.45) is 0.826. The molecule has 1 aliphatic heterocycles. The zero-order valence-corrected chi connectivity index (χ0v) is 18.6. The van der Waals surface area contributed by atoms with Crippen LogP contribution in [-0.4, -0.2) is 41.8 Å². The first kappa shape index (κ1) is 21.4. The van der Waals surface area contributed by atoms with Crippen molar-refractivity contribution >= 4 is 11.6 Å². The van der Waals surface area contributed by atoms with Crippen LogP contribution in [0.3, 0.4) is 0 Å². The minimum absolute atomic E-state index is 0.149. The van der Waals surface area contributed by atoms with Gasteiger partial charge in [0.25, 0.3) is 5.89 Å². The van der Waals surface area contributed by atoms with Gasteiger partial charge in [-0.05, 0) is 55.3 Å². The number of ether oxygens (including phenoxy) is 2. The molecule has 2 amide bonds. The van der Waals surface area contributed by atoms with E-state index in [1.807, 2.05) is 62.4 Å². The number of aromatic nitrogens is 2. The normalized spacial score (nSPS) is 16.2. The number of benzene rings is 2. The molecule has 8 nitrogen and oxygen atoms in total. The van der Waals surface area contributed by atoms with E-state index in [1.54, 1.807) is 19.1 Å². The molecule has 1 atom stereocenters. The Hall–Kier alpha value is -3.81. The van der Waals surface area contributed by atoms with Crippen LogP contribution in [0.2, 0.25) is 0 Å². The molecule has 2 heterocycles. The predicted octanol–water partition coefficient (Wildman–Crippen LogP) is 4.66. The molecule has 0 bridgehead atoms. The molecule has 1 N–H and O–H groups in total. The Morgan fingerprint density at radius 3 is 2.25 bits per heavy atom. The Kier molecular flexibility index (Phi) is 6.11. The molecule has 2 aromatic carbocycles. The smallest absolute Gasteiger partial charge is 0.322 e. The molecule has 1 aromatic heterocycles. The lowest BCUT2D eigenvalue weighted by Gasteiger charge is -2.35. The number of rotatable bonds is 7. The van der Waals surface area contributed by atoms with Gasteiger partial charge in [0.1, 0.15) is 11.5 Å². The van der Waals surface area contributed by atoms with Gasteiger partial charge in [-0.3, -0.25) is 4.90 Å². The molecule has 0 radical (unpaired) electrons. The van der Waals surface area contributed by atoms with Crippen LogP contribution in [-0.2, 0) is 0 Å². The van der Waals surface area contributed by atoms with Crippen LogP contribution in [0.1, 0.15) is 37.8 Å². The molecular formula is C24H26N4O4. The van der Waals surface area contributed by atoms with Gasteiger partial charge >= 0.3 is 6.03 Å². The molecule has 0 aliphatic carbocycles. The van der Waals surface area contributed by atoms with Gasteiger partial charge in [-0.2, -0.15) is 4.98 Å². The van der Waals surface area contributed by atoms with Gasteiger partial charge in [-0.15, -0.1) is 0 Å². The highest BCUT2D eigenvalue weighted by Crippen LogP contribution is 2.37. The van der Waals surface area contributed by atoms with Gasteiger partial charge in [-0.1, -0.05) is 24.2 Å². The van der Waals surface area contributed by atoms with Crippen molar-refractivity contribution in [1.82, 2.24) is 20.4 Å². The summed E-state index contributed by atoms with van der Waals surface area (Å²) >= 11 is 0. The number of carbonyl (C=O) groups excluding carboxylic acids is 1. The SMILES string of the molecule is CCCN1C(=O)NC(c2ccc(OC)cc2)C(c2nc(-c3ccc(OC)cc3)no2)=C1C. The van der Waals surface area contributed by atoms with Crippen LogP contribution in [0.25, 0.3) is 17.0 Å². The average Bonchev–Trinajstić information content (AvgIpc) is 3.31. The Balaban J connectivity index is 1.77. The van der Waals surface area contributed by atoms with E-state index in [4.69, 9.17) is 14.0 Å². The number of methoxy groups -OCH3 is 2. The van der Waals surface area contributed by atoms with E-state index in [9.17, 15) is 4.79 Å². The van der Waals surface area contributed by atoms with Crippen molar-refractivity contribution in [2.45, 2.75) is 26.3 Å². The Morgan fingerprint density at radius 2 is 1.66 bits per heavy atom. The summed E-state index contributed by atoms with van der Waals surface area (Å²) in [6.45, 7) is 4.54. The third-order valence-corrected chi connectivity index (χ3v) is 5.50. The highest BCUT2D eigenvalue weighted by atomic mass is 16.5. The number of amides is 2. The molecule has 8 heteroatoms. The summed E-state index contributed by atoms with van der Waals surface area (Å²) < 4.78 is 16.2. The zero-order chi connectivity index (χ0) is 22.7. The van der Waals surface area contributed by atoms with E-state index in [-0.39, 0.29) is 6.03 Å². The lowest BCUT2D eigenvalue weighted by atomic mass is 9.94. The molecular weight excluding hydrogens is 408 g/mol. The lowest BCUT2D eigenvalue weighted by molar-refractivity contribution is 0.205. The maximum Gasteiger partial charge on any atom is 0.322 e. The van der Waals surface area contributed by atoms with Crippen molar-refractivity contribution in [2.24, 2.45) is 0 Å². The second-order valence-electron chi connectivity index (χ2n) is 7.46. The molecule has 166 valence electrons. The second kappa shape index (κ2) is 9.13. The van der Waals surface area contributed by atoms with Crippen LogP contribution in [0.15, 0.2) is 58.8 Å². The fraction of sp³-hybridized carbons (Fsp3) is 0.292. The lowest BCUT2D eigenvalue weighted by Crippen LogP contribution is -2.46. The molecule has 0 saturated carbocycles. The molecule has 4 rings (SSSR count). The average molecular weight is 434 g/mol. The third-order valence-electron chi connectivity index (χ3n) is 5.50. The summed E-state index contributed by atoms with van der Waals surface area (Å²) in [6, 6.07) is 14.4. The Morgan fingerprint density at radius 1 is 1.03 bits per heavy atom. The molecule has 3 aromatic rings. The summed E-state index contributed by atoms with van der Waals surface area (Å²) in [5, 5.41) is 7.28. The van der Waals surface area contributed by atoms with Gasteiger partial charge in [-0.25, -0.2) is 4.79 Å².